The van der Waals surface area contributed by atoms with Gasteiger partial charge in [-0.2, -0.15) is 0 Å². The first-order valence-electron chi connectivity index (χ1n) is 7.21. The van der Waals surface area contributed by atoms with Crippen molar-refractivity contribution in [2.24, 2.45) is 11.7 Å². The van der Waals surface area contributed by atoms with E-state index in [4.69, 9.17) is 10.5 Å². The second-order valence-corrected chi connectivity index (χ2v) is 5.64. The van der Waals surface area contributed by atoms with Gasteiger partial charge in [0.05, 0.1) is 6.61 Å². The number of rotatable bonds is 5. The minimum Gasteiger partial charge on any atom is -0.493 e. The highest BCUT2D eigenvalue weighted by atomic mass is 16.5. The lowest BCUT2D eigenvalue weighted by atomic mass is 9.90. The Morgan fingerprint density at radius 2 is 2.06 bits per heavy atom. The summed E-state index contributed by atoms with van der Waals surface area (Å²) in [6.45, 7) is 2.91. The first kappa shape index (κ1) is 13.4. The van der Waals surface area contributed by atoms with Crippen molar-refractivity contribution in [3.63, 3.8) is 0 Å². The molecule has 1 aliphatic carbocycles. The predicted molar refractivity (Wildman–Crippen MR) is 75.9 cm³/mol. The fourth-order valence-corrected chi connectivity index (χ4v) is 2.70. The van der Waals surface area contributed by atoms with Gasteiger partial charge < -0.3 is 10.5 Å². The molecule has 2 heteroatoms. The van der Waals surface area contributed by atoms with Crippen LogP contribution in [0.15, 0.2) is 24.3 Å². The van der Waals surface area contributed by atoms with E-state index in [9.17, 15) is 0 Å². The zero-order chi connectivity index (χ0) is 12.8. The summed E-state index contributed by atoms with van der Waals surface area (Å²) >= 11 is 0. The van der Waals surface area contributed by atoms with E-state index in [1.54, 1.807) is 0 Å². The maximum Gasteiger partial charge on any atom is 0.119 e. The molecule has 100 valence electrons. The SMILES string of the molecule is CC(N)Cc1cccc(OCC2CCCCC2)c1. The van der Waals surface area contributed by atoms with Crippen molar-refractivity contribution in [1.82, 2.24) is 0 Å². The summed E-state index contributed by atoms with van der Waals surface area (Å²) in [5, 5.41) is 0. The highest BCUT2D eigenvalue weighted by Crippen LogP contribution is 2.25. The van der Waals surface area contributed by atoms with Gasteiger partial charge in [-0.05, 0) is 49.8 Å². The molecule has 0 aliphatic heterocycles. The molecule has 1 fully saturated rings. The molecule has 1 unspecified atom stereocenters. The van der Waals surface area contributed by atoms with Gasteiger partial charge in [-0.3, -0.25) is 0 Å². The fourth-order valence-electron chi connectivity index (χ4n) is 2.70. The van der Waals surface area contributed by atoms with Gasteiger partial charge in [0, 0.05) is 6.04 Å². The zero-order valence-corrected chi connectivity index (χ0v) is 11.4. The van der Waals surface area contributed by atoms with Crippen LogP contribution in [0.2, 0.25) is 0 Å². The van der Waals surface area contributed by atoms with Crippen LogP contribution < -0.4 is 10.5 Å². The molecule has 0 saturated heterocycles. The highest BCUT2D eigenvalue weighted by Gasteiger charge is 2.13. The Bertz CT molecular complexity index is 356. The van der Waals surface area contributed by atoms with Crippen LogP contribution in [-0.4, -0.2) is 12.6 Å². The van der Waals surface area contributed by atoms with E-state index in [-0.39, 0.29) is 6.04 Å². The van der Waals surface area contributed by atoms with Gasteiger partial charge in [0.15, 0.2) is 0 Å². The Morgan fingerprint density at radius 3 is 2.78 bits per heavy atom. The van der Waals surface area contributed by atoms with Gasteiger partial charge in [0.1, 0.15) is 5.75 Å². The molecule has 2 N–H and O–H groups in total. The molecule has 0 bridgehead atoms. The lowest BCUT2D eigenvalue weighted by Crippen LogP contribution is -2.18. The van der Waals surface area contributed by atoms with Crippen LogP contribution in [-0.2, 0) is 6.42 Å². The molecule has 18 heavy (non-hydrogen) atoms. The number of ether oxygens (including phenoxy) is 1. The molecule has 1 aliphatic rings. The van der Waals surface area contributed by atoms with Gasteiger partial charge in [0.25, 0.3) is 0 Å². The van der Waals surface area contributed by atoms with E-state index in [1.807, 2.05) is 13.0 Å². The predicted octanol–water partition coefficient (Wildman–Crippen LogP) is 3.54. The van der Waals surface area contributed by atoms with Gasteiger partial charge in [-0.25, -0.2) is 0 Å². The van der Waals surface area contributed by atoms with Crippen LogP contribution in [0.1, 0.15) is 44.6 Å². The van der Waals surface area contributed by atoms with Crippen molar-refractivity contribution in [3.05, 3.63) is 29.8 Å². The van der Waals surface area contributed by atoms with Crippen LogP contribution >= 0.6 is 0 Å². The van der Waals surface area contributed by atoms with E-state index in [0.29, 0.717) is 0 Å². The van der Waals surface area contributed by atoms with E-state index >= 15 is 0 Å². The van der Waals surface area contributed by atoms with Crippen molar-refractivity contribution in [2.45, 2.75) is 51.5 Å². The topological polar surface area (TPSA) is 35.2 Å². The van der Waals surface area contributed by atoms with Crippen molar-refractivity contribution < 1.29 is 4.74 Å². The summed E-state index contributed by atoms with van der Waals surface area (Å²) in [5.41, 5.74) is 7.09. The first-order chi connectivity index (χ1) is 8.74. The molecule has 0 heterocycles. The number of benzene rings is 1. The Morgan fingerprint density at radius 1 is 1.28 bits per heavy atom. The van der Waals surface area contributed by atoms with E-state index < -0.39 is 0 Å². The maximum absolute atomic E-state index is 5.93. The summed E-state index contributed by atoms with van der Waals surface area (Å²) in [6.07, 6.45) is 7.73. The Hall–Kier alpha value is -1.02. The van der Waals surface area contributed by atoms with Crippen LogP contribution in [0.4, 0.5) is 0 Å². The van der Waals surface area contributed by atoms with Crippen molar-refractivity contribution in [2.75, 3.05) is 6.61 Å². The highest BCUT2D eigenvalue weighted by molar-refractivity contribution is 5.29. The summed E-state index contributed by atoms with van der Waals surface area (Å²) in [5.74, 6) is 1.76. The molecule has 0 aromatic heterocycles. The largest absolute Gasteiger partial charge is 0.493 e. The maximum atomic E-state index is 5.93. The average molecular weight is 247 g/mol. The smallest absolute Gasteiger partial charge is 0.119 e. The third kappa shape index (κ3) is 4.34. The van der Waals surface area contributed by atoms with Crippen LogP contribution in [0.3, 0.4) is 0 Å². The minimum atomic E-state index is 0.207. The minimum absolute atomic E-state index is 0.207. The molecule has 0 radical (unpaired) electrons. The molecular formula is C16H25NO. The molecule has 1 atom stereocenters. The summed E-state index contributed by atoms with van der Waals surface area (Å²) in [4.78, 5) is 0. The first-order valence-corrected chi connectivity index (χ1v) is 7.21. The van der Waals surface area contributed by atoms with Crippen molar-refractivity contribution in [3.8, 4) is 5.75 Å². The summed E-state index contributed by atoms with van der Waals surface area (Å²) < 4.78 is 5.93. The molecule has 1 aromatic carbocycles. The Labute approximate surface area is 111 Å². The summed E-state index contributed by atoms with van der Waals surface area (Å²) in [7, 11) is 0. The molecule has 1 aromatic rings. The van der Waals surface area contributed by atoms with Gasteiger partial charge >= 0.3 is 0 Å². The van der Waals surface area contributed by atoms with Gasteiger partial charge in [0.2, 0.25) is 0 Å². The fraction of sp³-hybridized carbons (Fsp3) is 0.625. The lowest BCUT2D eigenvalue weighted by molar-refractivity contribution is 0.208. The van der Waals surface area contributed by atoms with E-state index in [0.717, 1.165) is 24.7 Å². The molecular weight excluding hydrogens is 222 g/mol. The van der Waals surface area contributed by atoms with Gasteiger partial charge in [-0.15, -0.1) is 0 Å². The van der Waals surface area contributed by atoms with Crippen molar-refractivity contribution in [1.29, 1.82) is 0 Å². The third-order valence-electron chi connectivity index (χ3n) is 3.67. The molecule has 0 amide bonds. The molecule has 1 saturated carbocycles. The Kier molecular flexibility index (Phi) is 5.06. The lowest BCUT2D eigenvalue weighted by Gasteiger charge is -2.21. The van der Waals surface area contributed by atoms with Crippen LogP contribution in [0.5, 0.6) is 5.75 Å². The summed E-state index contributed by atoms with van der Waals surface area (Å²) in [6, 6.07) is 8.57. The molecule has 2 rings (SSSR count). The number of nitrogens with two attached hydrogens (primary N) is 1. The third-order valence-corrected chi connectivity index (χ3v) is 3.67. The second-order valence-electron chi connectivity index (χ2n) is 5.64. The van der Waals surface area contributed by atoms with E-state index in [1.165, 1.54) is 37.7 Å². The molecule has 2 nitrogen and oxygen atoms in total. The zero-order valence-electron chi connectivity index (χ0n) is 11.4. The number of hydrogen-bond donors (Lipinski definition) is 1. The van der Waals surface area contributed by atoms with Gasteiger partial charge in [-0.1, -0.05) is 31.4 Å². The number of hydrogen-bond acceptors (Lipinski definition) is 2. The Balaban J connectivity index is 1.84. The normalized spacial score (nSPS) is 18.6. The van der Waals surface area contributed by atoms with Crippen LogP contribution in [0, 0.1) is 5.92 Å². The second kappa shape index (κ2) is 6.79. The molecule has 0 spiro atoms. The monoisotopic (exact) mass is 247 g/mol. The average Bonchev–Trinajstić information content (AvgIpc) is 2.37. The van der Waals surface area contributed by atoms with Crippen molar-refractivity contribution >= 4 is 0 Å². The standard InChI is InChI=1S/C16H25NO/c1-13(17)10-15-8-5-9-16(11-15)18-12-14-6-3-2-4-7-14/h5,8-9,11,13-14H,2-4,6-7,10,12,17H2,1H3. The van der Waals surface area contributed by atoms with Crippen LogP contribution in [0.25, 0.3) is 0 Å². The van der Waals surface area contributed by atoms with E-state index in [2.05, 4.69) is 18.2 Å². The quantitative estimate of drug-likeness (QED) is 0.863.